The molecule has 0 atom stereocenters. The molecular formula is C16H20N2OS. The van der Waals surface area contributed by atoms with Crippen LogP contribution in [0.3, 0.4) is 0 Å². The van der Waals surface area contributed by atoms with E-state index in [0.29, 0.717) is 6.04 Å². The second-order valence-electron chi connectivity index (χ2n) is 5.39. The molecule has 3 rings (SSSR count). The Bertz CT molecular complexity index is 551. The van der Waals surface area contributed by atoms with E-state index < -0.39 is 0 Å². The minimum absolute atomic E-state index is 0.0793. The number of carbonyl (C=O) groups excluding carboxylic acids is 1. The van der Waals surface area contributed by atoms with Crippen LogP contribution in [0.25, 0.3) is 5.69 Å². The van der Waals surface area contributed by atoms with E-state index in [0.717, 1.165) is 23.4 Å². The summed E-state index contributed by atoms with van der Waals surface area (Å²) in [4.78, 5) is 13.3. The van der Waals surface area contributed by atoms with Crippen LogP contribution in [0, 0.1) is 0 Å². The summed E-state index contributed by atoms with van der Waals surface area (Å²) in [5, 5.41) is 5.21. The molecule has 1 fully saturated rings. The molecule has 0 unspecified atom stereocenters. The van der Waals surface area contributed by atoms with Crippen molar-refractivity contribution in [2.75, 3.05) is 0 Å². The van der Waals surface area contributed by atoms with Crippen molar-refractivity contribution in [3.63, 3.8) is 0 Å². The lowest BCUT2D eigenvalue weighted by Gasteiger charge is -2.16. The molecule has 2 heterocycles. The van der Waals surface area contributed by atoms with Gasteiger partial charge in [0.05, 0.1) is 5.69 Å². The highest BCUT2D eigenvalue weighted by Crippen LogP contribution is 2.23. The number of nitrogens with one attached hydrogen (secondary N) is 1. The minimum atomic E-state index is 0.0793. The lowest BCUT2D eigenvalue weighted by Crippen LogP contribution is -2.34. The highest BCUT2D eigenvalue weighted by Gasteiger charge is 2.19. The number of hydrogen-bond donors (Lipinski definition) is 1. The SMILES string of the molecule is O=C(NC1CCCCCC1)c1sccc1-n1cccc1. The first-order valence-electron chi connectivity index (χ1n) is 7.36. The van der Waals surface area contributed by atoms with Crippen LogP contribution in [-0.2, 0) is 0 Å². The summed E-state index contributed by atoms with van der Waals surface area (Å²) >= 11 is 1.52. The van der Waals surface area contributed by atoms with E-state index in [1.807, 2.05) is 40.5 Å². The molecule has 0 aromatic carbocycles. The third-order valence-corrected chi connectivity index (χ3v) is 4.83. The molecule has 0 aliphatic heterocycles. The summed E-state index contributed by atoms with van der Waals surface area (Å²) < 4.78 is 2.00. The first kappa shape index (κ1) is 13.4. The fourth-order valence-corrected chi connectivity index (χ4v) is 3.64. The quantitative estimate of drug-likeness (QED) is 0.851. The number of thiophene rings is 1. The van der Waals surface area contributed by atoms with Crippen molar-refractivity contribution >= 4 is 17.2 Å². The van der Waals surface area contributed by atoms with Crippen molar-refractivity contribution in [1.29, 1.82) is 0 Å². The van der Waals surface area contributed by atoms with Crippen molar-refractivity contribution in [2.24, 2.45) is 0 Å². The topological polar surface area (TPSA) is 34.0 Å². The highest BCUT2D eigenvalue weighted by molar-refractivity contribution is 7.12. The van der Waals surface area contributed by atoms with Crippen molar-refractivity contribution in [3.8, 4) is 5.69 Å². The third-order valence-electron chi connectivity index (χ3n) is 3.92. The fraction of sp³-hybridized carbons (Fsp3) is 0.438. The van der Waals surface area contributed by atoms with E-state index in [1.54, 1.807) is 0 Å². The van der Waals surface area contributed by atoms with Gasteiger partial charge in [0.15, 0.2) is 0 Å². The lowest BCUT2D eigenvalue weighted by molar-refractivity contribution is 0.0937. The molecular weight excluding hydrogens is 268 g/mol. The van der Waals surface area contributed by atoms with Gasteiger partial charge in [0.2, 0.25) is 0 Å². The molecule has 0 bridgehead atoms. The van der Waals surface area contributed by atoms with Crippen LogP contribution < -0.4 is 5.32 Å². The maximum Gasteiger partial charge on any atom is 0.263 e. The number of carbonyl (C=O) groups is 1. The van der Waals surface area contributed by atoms with Crippen molar-refractivity contribution < 1.29 is 4.79 Å². The smallest absolute Gasteiger partial charge is 0.263 e. The number of rotatable bonds is 3. The molecule has 3 nitrogen and oxygen atoms in total. The maximum absolute atomic E-state index is 12.5. The Labute approximate surface area is 123 Å². The standard InChI is InChI=1S/C16H20N2OS/c19-16(17-13-7-3-1-2-4-8-13)15-14(9-12-20-15)18-10-5-6-11-18/h5-6,9-13H,1-4,7-8H2,(H,17,19). The summed E-state index contributed by atoms with van der Waals surface area (Å²) in [6, 6.07) is 6.31. The molecule has 1 N–H and O–H groups in total. The van der Waals surface area contributed by atoms with Crippen LogP contribution >= 0.6 is 11.3 Å². The van der Waals surface area contributed by atoms with Gasteiger partial charge in [-0.1, -0.05) is 25.7 Å². The summed E-state index contributed by atoms with van der Waals surface area (Å²) in [6.45, 7) is 0. The maximum atomic E-state index is 12.5. The Kier molecular flexibility index (Phi) is 4.21. The van der Waals surface area contributed by atoms with Gasteiger partial charge in [-0.15, -0.1) is 11.3 Å². The normalized spacial score (nSPS) is 16.8. The molecule has 1 amide bonds. The van der Waals surface area contributed by atoms with Crippen molar-refractivity contribution in [2.45, 2.75) is 44.6 Å². The molecule has 1 aliphatic carbocycles. The molecule has 20 heavy (non-hydrogen) atoms. The van der Waals surface area contributed by atoms with Gasteiger partial charge in [-0.25, -0.2) is 0 Å². The zero-order valence-corrected chi connectivity index (χ0v) is 12.4. The number of nitrogens with zero attached hydrogens (tertiary/aromatic N) is 1. The van der Waals surface area contributed by atoms with Gasteiger partial charge in [-0.3, -0.25) is 4.79 Å². The van der Waals surface area contributed by atoms with E-state index in [2.05, 4.69) is 5.32 Å². The average molecular weight is 288 g/mol. The van der Waals surface area contributed by atoms with Crippen LogP contribution in [0.2, 0.25) is 0 Å². The van der Waals surface area contributed by atoms with Crippen LogP contribution in [-0.4, -0.2) is 16.5 Å². The Morgan fingerprint density at radius 1 is 1.15 bits per heavy atom. The van der Waals surface area contributed by atoms with Gasteiger partial charge in [-0.05, 0) is 36.4 Å². The van der Waals surface area contributed by atoms with Crippen LogP contribution in [0.4, 0.5) is 0 Å². The fourth-order valence-electron chi connectivity index (χ4n) is 2.85. The molecule has 1 saturated carbocycles. The molecule has 0 spiro atoms. The van der Waals surface area contributed by atoms with E-state index in [1.165, 1.54) is 37.0 Å². The first-order chi connectivity index (χ1) is 9.84. The minimum Gasteiger partial charge on any atom is -0.349 e. The van der Waals surface area contributed by atoms with Gasteiger partial charge < -0.3 is 9.88 Å². The predicted molar refractivity (Wildman–Crippen MR) is 82.6 cm³/mol. The van der Waals surface area contributed by atoms with E-state index in [-0.39, 0.29) is 5.91 Å². The lowest BCUT2D eigenvalue weighted by atomic mass is 10.1. The van der Waals surface area contributed by atoms with Crippen LogP contribution in [0.5, 0.6) is 0 Å². The second-order valence-corrected chi connectivity index (χ2v) is 6.30. The van der Waals surface area contributed by atoms with Gasteiger partial charge in [0.25, 0.3) is 5.91 Å². The summed E-state index contributed by atoms with van der Waals surface area (Å²) in [6.07, 6.45) is 11.3. The number of hydrogen-bond acceptors (Lipinski definition) is 2. The van der Waals surface area contributed by atoms with Crippen molar-refractivity contribution in [3.05, 3.63) is 40.8 Å². The van der Waals surface area contributed by atoms with Gasteiger partial charge in [0.1, 0.15) is 4.88 Å². The Morgan fingerprint density at radius 3 is 2.55 bits per heavy atom. The molecule has 1 aliphatic rings. The first-order valence-corrected chi connectivity index (χ1v) is 8.24. The monoisotopic (exact) mass is 288 g/mol. The molecule has 4 heteroatoms. The summed E-state index contributed by atoms with van der Waals surface area (Å²) in [5.74, 6) is 0.0793. The van der Waals surface area contributed by atoms with Crippen LogP contribution in [0.1, 0.15) is 48.2 Å². The highest BCUT2D eigenvalue weighted by atomic mass is 32.1. The van der Waals surface area contributed by atoms with Gasteiger partial charge >= 0.3 is 0 Å². The Hall–Kier alpha value is -1.55. The molecule has 106 valence electrons. The number of aromatic nitrogens is 1. The van der Waals surface area contributed by atoms with E-state index in [9.17, 15) is 4.79 Å². The predicted octanol–water partition coefficient (Wildman–Crippen LogP) is 3.99. The zero-order valence-electron chi connectivity index (χ0n) is 11.5. The van der Waals surface area contributed by atoms with Crippen molar-refractivity contribution in [1.82, 2.24) is 9.88 Å². The molecule has 2 aromatic heterocycles. The molecule has 0 saturated heterocycles. The average Bonchev–Trinajstić information content (AvgIpc) is 3.07. The van der Waals surface area contributed by atoms with E-state index >= 15 is 0 Å². The number of amides is 1. The Morgan fingerprint density at radius 2 is 1.85 bits per heavy atom. The second kappa shape index (κ2) is 6.27. The molecule has 0 radical (unpaired) electrons. The zero-order chi connectivity index (χ0) is 13.8. The summed E-state index contributed by atoms with van der Waals surface area (Å²) in [5.41, 5.74) is 0.978. The third kappa shape index (κ3) is 2.96. The Balaban J connectivity index is 1.73. The van der Waals surface area contributed by atoms with Crippen LogP contribution in [0.15, 0.2) is 36.0 Å². The van der Waals surface area contributed by atoms with Gasteiger partial charge in [-0.2, -0.15) is 0 Å². The van der Waals surface area contributed by atoms with Gasteiger partial charge in [0, 0.05) is 18.4 Å². The summed E-state index contributed by atoms with van der Waals surface area (Å²) in [7, 11) is 0. The van der Waals surface area contributed by atoms with E-state index in [4.69, 9.17) is 0 Å². The molecule has 2 aromatic rings. The largest absolute Gasteiger partial charge is 0.349 e.